The van der Waals surface area contributed by atoms with Gasteiger partial charge in [-0.2, -0.15) is 0 Å². The highest BCUT2D eigenvalue weighted by Crippen LogP contribution is 2.29. The van der Waals surface area contributed by atoms with Crippen LogP contribution in [0.3, 0.4) is 0 Å². The lowest BCUT2D eigenvalue weighted by Gasteiger charge is -2.15. The molecule has 3 aromatic rings. The third-order valence-corrected chi connectivity index (χ3v) is 4.54. The highest BCUT2D eigenvalue weighted by Gasteiger charge is 2.13. The fourth-order valence-electron chi connectivity index (χ4n) is 2.13. The topological polar surface area (TPSA) is 24.9 Å². The van der Waals surface area contributed by atoms with Crippen LogP contribution in [0.2, 0.25) is 0 Å². The quantitative estimate of drug-likeness (QED) is 0.739. The predicted octanol–water partition coefficient (Wildman–Crippen LogP) is 4.92. The largest absolute Gasteiger partial charge is 0.376 e. The van der Waals surface area contributed by atoms with Gasteiger partial charge in [0.25, 0.3) is 0 Å². The Labute approximate surface area is 121 Å². The average molecular weight is 286 g/mol. The zero-order valence-corrected chi connectivity index (χ0v) is 12.2. The van der Waals surface area contributed by atoms with E-state index in [4.69, 9.17) is 0 Å². The van der Waals surface area contributed by atoms with Crippen molar-refractivity contribution < 1.29 is 4.39 Å². The lowest BCUT2D eigenvalue weighted by molar-refractivity contribution is 0.618. The van der Waals surface area contributed by atoms with Crippen molar-refractivity contribution in [1.82, 2.24) is 4.98 Å². The number of nitrogens with one attached hydrogen (secondary N) is 1. The van der Waals surface area contributed by atoms with Crippen LogP contribution in [-0.2, 0) is 0 Å². The number of benzene rings is 2. The molecule has 0 aliphatic carbocycles. The van der Waals surface area contributed by atoms with Gasteiger partial charge in [0.1, 0.15) is 10.8 Å². The number of thiazole rings is 1. The van der Waals surface area contributed by atoms with Crippen LogP contribution in [0.1, 0.15) is 23.5 Å². The first-order valence-corrected chi connectivity index (χ1v) is 7.34. The Morgan fingerprint density at radius 1 is 1.15 bits per heavy atom. The number of anilines is 1. The molecule has 0 radical (unpaired) electrons. The minimum absolute atomic E-state index is 0.0490. The highest BCUT2D eigenvalue weighted by atomic mass is 32.1. The Bertz CT molecular complexity index is 718. The molecule has 0 saturated carbocycles. The van der Waals surface area contributed by atoms with Crippen LogP contribution in [0.25, 0.3) is 10.2 Å². The molecule has 20 heavy (non-hydrogen) atoms. The van der Waals surface area contributed by atoms with E-state index in [1.807, 2.05) is 31.2 Å². The van der Waals surface area contributed by atoms with E-state index in [0.29, 0.717) is 5.56 Å². The van der Waals surface area contributed by atoms with E-state index in [0.717, 1.165) is 16.2 Å². The second-order valence-corrected chi connectivity index (χ2v) is 5.86. The van der Waals surface area contributed by atoms with Crippen molar-refractivity contribution in [3.05, 3.63) is 58.9 Å². The van der Waals surface area contributed by atoms with Crippen molar-refractivity contribution >= 4 is 27.2 Å². The molecule has 2 nitrogen and oxygen atoms in total. The maximum atomic E-state index is 13.5. The van der Waals surface area contributed by atoms with Crippen LogP contribution in [0, 0.1) is 12.7 Å². The fourth-order valence-corrected chi connectivity index (χ4v) is 3.10. The van der Waals surface area contributed by atoms with Gasteiger partial charge in [-0.25, -0.2) is 9.37 Å². The number of aromatic nitrogens is 1. The Morgan fingerprint density at radius 3 is 2.75 bits per heavy atom. The van der Waals surface area contributed by atoms with E-state index in [1.165, 1.54) is 10.8 Å². The molecule has 102 valence electrons. The van der Waals surface area contributed by atoms with Crippen molar-refractivity contribution in [1.29, 1.82) is 0 Å². The maximum Gasteiger partial charge on any atom is 0.128 e. The van der Waals surface area contributed by atoms with E-state index < -0.39 is 0 Å². The lowest BCUT2D eigenvalue weighted by Crippen LogP contribution is -2.07. The van der Waals surface area contributed by atoms with E-state index >= 15 is 0 Å². The van der Waals surface area contributed by atoms with E-state index in [1.54, 1.807) is 24.3 Å². The van der Waals surface area contributed by atoms with Crippen LogP contribution >= 0.6 is 11.3 Å². The summed E-state index contributed by atoms with van der Waals surface area (Å²) >= 11 is 1.67. The predicted molar refractivity (Wildman–Crippen MR) is 82.8 cm³/mol. The lowest BCUT2D eigenvalue weighted by atomic mass is 10.1. The van der Waals surface area contributed by atoms with Gasteiger partial charge in [0.15, 0.2) is 0 Å². The molecule has 3 rings (SSSR count). The second kappa shape index (κ2) is 5.21. The van der Waals surface area contributed by atoms with E-state index in [2.05, 4.69) is 16.4 Å². The Balaban J connectivity index is 1.89. The van der Waals surface area contributed by atoms with Crippen LogP contribution in [-0.4, -0.2) is 4.98 Å². The number of halogens is 1. The molecule has 4 heteroatoms. The molecule has 0 saturated heterocycles. The van der Waals surface area contributed by atoms with Gasteiger partial charge in [0, 0.05) is 11.3 Å². The monoisotopic (exact) mass is 286 g/mol. The molecule has 0 fully saturated rings. The summed E-state index contributed by atoms with van der Waals surface area (Å²) in [7, 11) is 0. The molecule has 2 aromatic carbocycles. The zero-order valence-electron chi connectivity index (χ0n) is 11.4. The van der Waals surface area contributed by atoms with E-state index in [-0.39, 0.29) is 11.9 Å². The molecule has 1 atom stereocenters. The molecular formula is C16H15FN2S. The van der Waals surface area contributed by atoms with Gasteiger partial charge in [-0.3, -0.25) is 0 Å². The zero-order chi connectivity index (χ0) is 14.1. The number of fused-ring (bicyclic) bond motifs is 1. The Kier molecular flexibility index (Phi) is 3.40. The van der Waals surface area contributed by atoms with Gasteiger partial charge < -0.3 is 5.32 Å². The minimum atomic E-state index is -0.188. The number of nitrogens with zero attached hydrogens (tertiary/aromatic N) is 1. The smallest absolute Gasteiger partial charge is 0.128 e. The number of hydrogen-bond acceptors (Lipinski definition) is 3. The van der Waals surface area contributed by atoms with Gasteiger partial charge >= 0.3 is 0 Å². The van der Waals surface area contributed by atoms with E-state index in [9.17, 15) is 4.39 Å². The standard InChI is InChI=1S/C16H15FN2S/c1-10-12(17)6-5-8-13(10)18-11(2)16-19-14-7-3-4-9-15(14)20-16/h3-9,11,18H,1-2H3. The minimum Gasteiger partial charge on any atom is -0.376 e. The van der Waals surface area contributed by atoms with Gasteiger partial charge in [-0.1, -0.05) is 18.2 Å². The Morgan fingerprint density at radius 2 is 1.95 bits per heavy atom. The number of hydrogen-bond donors (Lipinski definition) is 1. The van der Waals surface area contributed by atoms with Crippen molar-refractivity contribution in [3.63, 3.8) is 0 Å². The van der Waals surface area contributed by atoms with Crippen molar-refractivity contribution in [2.75, 3.05) is 5.32 Å². The first kappa shape index (κ1) is 13.1. The molecule has 1 N–H and O–H groups in total. The third-order valence-electron chi connectivity index (χ3n) is 3.32. The summed E-state index contributed by atoms with van der Waals surface area (Å²) in [5.74, 6) is -0.188. The third kappa shape index (κ3) is 2.39. The molecule has 0 aliphatic heterocycles. The summed E-state index contributed by atoms with van der Waals surface area (Å²) in [4.78, 5) is 4.62. The molecule has 0 amide bonds. The maximum absolute atomic E-state index is 13.5. The van der Waals surface area contributed by atoms with Crippen molar-refractivity contribution in [2.45, 2.75) is 19.9 Å². The molecular weight excluding hydrogens is 271 g/mol. The average Bonchev–Trinajstić information content (AvgIpc) is 2.88. The van der Waals surface area contributed by atoms with Gasteiger partial charge in [0.2, 0.25) is 0 Å². The Hall–Kier alpha value is -1.94. The first-order chi connectivity index (χ1) is 9.65. The summed E-state index contributed by atoms with van der Waals surface area (Å²) in [6.45, 7) is 3.82. The van der Waals surface area contributed by atoms with Crippen molar-refractivity contribution in [2.24, 2.45) is 0 Å². The van der Waals surface area contributed by atoms with Gasteiger partial charge in [-0.15, -0.1) is 11.3 Å². The van der Waals surface area contributed by atoms with Crippen LogP contribution in [0.5, 0.6) is 0 Å². The molecule has 0 bridgehead atoms. The SMILES string of the molecule is Cc1c(F)cccc1NC(C)c1nc2ccccc2s1. The number of rotatable bonds is 3. The fraction of sp³-hybridized carbons (Fsp3) is 0.188. The van der Waals surface area contributed by atoms with Crippen LogP contribution in [0.15, 0.2) is 42.5 Å². The van der Waals surface area contributed by atoms with Gasteiger partial charge in [-0.05, 0) is 38.1 Å². The number of para-hydroxylation sites is 1. The van der Waals surface area contributed by atoms with Gasteiger partial charge in [0.05, 0.1) is 16.3 Å². The molecule has 0 aliphatic rings. The molecule has 1 aromatic heterocycles. The normalized spacial score (nSPS) is 12.6. The summed E-state index contributed by atoms with van der Waals surface area (Å²) in [6, 6.07) is 13.2. The molecule has 1 heterocycles. The van der Waals surface area contributed by atoms with Crippen LogP contribution in [0.4, 0.5) is 10.1 Å². The summed E-state index contributed by atoms with van der Waals surface area (Å²) in [5.41, 5.74) is 2.47. The summed E-state index contributed by atoms with van der Waals surface area (Å²) in [6.07, 6.45) is 0. The first-order valence-electron chi connectivity index (χ1n) is 6.52. The second-order valence-electron chi connectivity index (χ2n) is 4.80. The van der Waals surface area contributed by atoms with Crippen LogP contribution < -0.4 is 5.32 Å². The van der Waals surface area contributed by atoms with Crippen molar-refractivity contribution in [3.8, 4) is 0 Å². The highest BCUT2D eigenvalue weighted by molar-refractivity contribution is 7.18. The molecule has 0 spiro atoms. The molecule has 1 unspecified atom stereocenters. The summed E-state index contributed by atoms with van der Waals surface area (Å²) < 4.78 is 14.7. The summed E-state index contributed by atoms with van der Waals surface area (Å²) in [5, 5.41) is 4.35.